The molecule has 0 saturated carbocycles. The Morgan fingerprint density at radius 3 is 2.83 bits per heavy atom. The predicted octanol–water partition coefficient (Wildman–Crippen LogP) is 1.53. The first-order valence-electron chi connectivity index (χ1n) is 3.89. The van der Waals surface area contributed by atoms with Gasteiger partial charge in [0.15, 0.2) is 0 Å². The summed E-state index contributed by atoms with van der Waals surface area (Å²) in [4.78, 5) is 4.04. The summed E-state index contributed by atoms with van der Waals surface area (Å²) in [6, 6.07) is 4.09. The molecule has 0 aliphatic carbocycles. The highest BCUT2D eigenvalue weighted by Crippen LogP contribution is 2.14. The highest BCUT2D eigenvalue weighted by molar-refractivity contribution is 5.53. The monoisotopic (exact) mass is 161 g/mol. The van der Waals surface area contributed by atoms with Gasteiger partial charge in [-0.2, -0.15) is 0 Å². The minimum absolute atomic E-state index is 0.561. The Morgan fingerprint density at radius 2 is 2.08 bits per heavy atom. The van der Waals surface area contributed by atoms with Crippen molar-refractivity contribution in [3.63, 3.8) is 0 Å². The van der Waals surface area contributed by atoms with Crippen LogP contribution in [0.15, 0.2) is 18.3 Å². The molecule has 12 heavy (non-hydrogen) atoms. The van der Waals surface area contributed by atoms with Crippen molar-refractivity contribution in [2.75, 3.05) is 5.73 Å². The third kappa shape index (κ3) is 0.794. The molecule has 0 atom stereocenters. The molecule has 0 aromatic carbocycles. The molecule has 3 nitrogen and oxygen atoms in total. The Morgan fingerprint density at radius 1 is 1.33 bits per heavy atom. The summed E-state index contributed by atoms with van der Waals surface area (Å²) >= 11 is 0. The molecule has 0 aliphatic heterocycles. The van der Waals surface area contributed by atoms with Crippen molar-refractivity contribution in [1.82, 2.24) is 9.38 Å². The van der Waals surface area contributed by atoms with E-state index in [9.17, 15) is 0 Å². The Kier molecular flexibility index (Phi) is 1.33. The van der Waals surface area contributed by atoms with Gasteiger partial charge in [0.2, 0.25) is 5.95 Å². The van der Waals surface area contributed by atoms with Gasteiger partial charge in [-0.05, 0) is 25.5 Å². The maximum atomic E-state index is 5.70. The normalized spacial score (nSPS) is 10.8. The molecule has 2 N–H and O–H groups in total. The number of anilines is 1. The van der Waals surface area contributed by atoms with Gasteiger partial charge in [0.1, 0.15) is 0 Å². The van der Waals surface area contributed by atoms with Crippen LogP contribution in [-0.2, 0) is 0 Å². The molecule has 62 valence electrons. The largest absolute Gasteiger partial charge is 0.369 e. The second-order valence-electron chi connectivity index (χ2n) is 2.98. The minimum Gasteiger partial charge on any atom is -0.369 e. The first-order valence-corrected chi connectivity index (χ1v) is 3.89. The Balaban J connectivity index is 2.96. The summed E-state index contributed by atoms with van der Waals surface area (Å²) in [5.41, 5.74) is 9.13. The molecule has 2 aromatic heterocycles. The number of aryl methyl sites for hydroxylation is 2. The fourth-order valence-corrected chi connectivity index (χ4v) is 1.37. The molecule has 0 amide bonds. The van der Waals surface area contributed by atoms with E-state index < -0.39 is 0 Å². The van der Waals surface area contributed by atoms with Crippen LogP contribution in [0.4, 0.5) is 5.95 Å². The van der Waals surface area contributed by atoms with Gasteiger partial charge < -0.3 is 5.73 Å². The van der Waals surface area contributed by atoms with Crippen molar-refractivity contribution >= 4 is 11.5 Å². The zero-order chi connectivity index (χ0) is 8.72. The predicted molar refractivity (Wildman–Crippen MR) is 49.1 cm³/mol. The highest BCUT2D eigenvalue weighted by Gasteiger charge is 2.02. The van der Waals surface area contributed by atoms with Gasteiger partial charge in [-0.25, -0.2) is 4.98 Å². The lowest BCUT2D eigenvalue weighted by Crippen LogP contribution is -1.99. The molecule has 3 heteroatoms. The summed E-state index contributed by atoms with van der Waals surface area (Å²) < 4.78 is 1.95. The van der Waals surface area contributed by atoms with E-state index in [0.29, 0.717) is 5.95 Å². The number of hydrogen-bond acceptors (Lipinski definition) is 2. The molecule has 0 radical (unpaired) electrons. The van der Waals surface area contributed by atoms with Crippen molar-refractivity contribution in [2.45, 2.75) is 13.8 Å². The van der Waals surface area contributed by atoms with Crippen molar-refractivity contribution in [3.05, 3.63) is 29.6 Å². The summed E-state index contributed by atoms with van der Waals surface area (Å²) in [6.07, 6.45) is 1.78. The lowest BCUT2D eigenvalue weighted by molar-refractivity contribution is 1.06. The van der Waals surface area contributed by atoms with Crippen molar-refractivity contribution in [1.29, 1.82) is 0 Å². The third-order valence-corrected chi connectivity index (χ3v) is 2.23. The Hall–Kier alpha value is -1.51. The number of aromatic nitrogens is 2. The van der Waals surface area contributed by atoms with Gasteiger partial charge >= 0.3 is 0 Å². The molecule has 2 aromatic rings. The van der Waals surface area contributed by atoms with Gasteiger partial charge in [0.05, 0.1) is 11.7 Å². The van der Waals surface area contributed by atoms with Gasteiger partial charge in [-0.1, -0.05) is 6.07 Å². The Labute approximate surface area is 70.8 Å². The summed E-state index contributed by atoms with van der Waals surface area (Å²) in [7, 11) is 0. The summed E-state index contributed by atoms with van der Waals surface area (Å²) in [5.74, 6) is 0.561. The molecule has 2 heterocycles. The van der Waals surface area contributed by atoms with Crippen molar-refractivity contribution in [3.8, 4) is 0 Å². The van der Waals surface area contributed by atoms with Crippen LogP contribution in [-0.4, -0.2) is 9.38 Å². The maximum absolute atomic E-state index is 5.70. The number of fused-ring (bicyclic) bond motifs is 1. The van der Waals surface area contributed by atoms with E-state index in [0.717, 1.165) is 11.2 Å². The smallest absolute Gasteiger partial charge is 0.205 e. The van der Waals surface area contributed by atoms with E-state index in [1.807, 2.05) is 17.4 Å². The zero-order valence-electron chi connectivity index (χ0n) is 7.20. The lowest BCUT2D eigenvalue weighted by Gasteiger charge is -2.04. The van der Waals surface area contributed by atoms with Crippen molar-refractivity contribution in [2.24, 2.45) is 0 Å². The molecule has 0 saturated heterocycles. The van der Waals surface area contributed by atoms with Gasteiger partial charge in [-0.3, -0.25) is 4.40 Å². The molecule has 2 rings (SSSR count). The number of nitrogens with two attached hydrogens (primary N) is 1. The number of nitrogen functional groups attached to an aromatic ring is 1. The van der Waals surface area contributed by atoms with Crippen LogP contribution in [0, 0.1) is 13.8 Å². The number of rotatable bonds is 0. The van der Waals surface area contributed by atoms with Crippen LogP contribution in [0.25, 0.3) is 5.52 Å². The lowest BCUT2D eigenvalue weighted by atomic mass is 10.2. The van der Waals surface area contributed by atoms with Crippen LogP contribution in [0.2, 0.25) is 0 Å². The van der Waals surface area contributed by atoms with Crippen molar-refractivity contribution < 1.29 is 0 Å². The van der Waals surface area contributed by atoms with E-state index in [-0.39, 0.29) is 0 Å². The van der Waals surface area contributed by atoms with Crippen LogP contribution < -0.4 is 5.73 Å². The number of pyridine rings is 1. The SMILES string of the molecule is Cc1ccc2cnc(N)n2c1C. The molecule has 0 bridgehead atoms. The quantitative estimate of drug-likeness (QED) is 0.636. The molecule has 0 unspecified atom stereocenters. The van der Waals surface area contributed by atoms with Crippen LogP contribution in [0.5, 0.6) is 0 Å². The van der Waals surface area contributed by atoms with Crippen LogP contribution in [0.1, 0.15) is 11.3 Å². The average Bonchev–Trinajstić information content (AvgIpc) is 2.41. The van der Waals surface area contributed by atoms with E-state index in [1.165, 1.54) is 5.56 Å². The average molecular weight is 161 g/mol. The van der Waals surface area contributed by atoms with Gasteiger partial charge in [-0.15, -0.1) is 0 Å². The molecular formula is C9H11N3. The zero-order valence-corrected chi connectivity index (χ0v) is 7.20. The highest BCUT2D eigenvalue weighted by atomic mass is 15.1. The van der Waals surface area contributed by atoms with Gasteiger partial charge in [0, 0.05) is 5.69 Å². The van der Waals surface area contributed by atoms with Crippen LogP contribution in [0.3, 0.4) is 0 Å². The second kappa shape index (κ2) is 2.24. The van der Waals surface area contributed by atoms with E-state index in [1.54, 1.807) is 6.20 Å². The topological polar surface area (TPSA) is 43.3 Å². The van der Waals surface area contributed by atoms with E-state index >= 15 is 0 Å². The molecule has 0 spiro atoms. The molecule has 0 aliphatic rings. The molecular weight excluding hydrogens is 150 g/mol. The second-order valence-corrected chi connectivity index (χ2v) is 2.98. The number of hydrogen-bond donors (Lipinski definition) is 1. The van der Waals surface area contributed by atoms with E-state index in [2.05, 4.69) is 18.0 Å². The fraction of sp³-hybridized carbons (Fsp3) is 0.222. The third-order valence-electron chi connectivity index (χ3n) is 2.23. The standard InChI is InChI=1S/C9H11N3/c1-6-3-4-8-5-11-9(10)12(8)7(6)2/h3-5H,1-2H3,(H2,10,11). The fourth-order valence-electron chi connectivity index (χ4n) is 1.37. The first kappa shape index (κ1) is 7.16. The summed E-state index contributed by atoms with van der Waals surface area (Å²) in [6.45, 7) is 4.11. The maximum Gasteiger partial charge on any atom is 0.205 e. The van der Waals surface area contributed by atoms with E-state index in [4.69, 9.17) is 5.73 Å². The number of imidazole rings is 1. The molecule has 0 fully saturated rings. The van der Waals surface area contributed by atoms with Gasteiger partial charge in [0.25, 0.3) is 0 Å². The Bertz CT molecular complexity index is 429. The summed E-state index contributed by atoms with van der Waals surface area (Å²) in [5, 5.41) is 0. The number of nitrogens with zero attached hydrogens (tertiary/aromatic N) is 2. The first-order chi connectivity index (χ1) is 5.70. The minimum atomic E-state index is 0.561. The van der Waals surface area contributed by atoms with Crippen LogP contribution >= 0.6 is 0 Å².